The molecule has 3 nitrogen and oxygen atoms in total. The molecule has 0 radical (unpaired) electrons. The molecule has 0 aliphatic carbocycles. The van der Waals surface area contributed by atoms with E-state index < -0.39 is 0 Å². The van der Waals surface area contributed by atoms with Crippen LogP contribution in [0.5, 0.6) is 0 Å². The summed E-state index contributed by atoms with van der Waals surface area (Å²) in [6.45, 7) is 11.9. The highest BCUT2D eigenvalue weighted by Crippen LogP contribution is 2.21. The summed E-state index contributed by atoms with van der Waals surface area (Å²) in [4.78, 5) is 9.38. The van der Waals surface area contributed by atoms with Gasteiger partial charge in [-0.25, -0.2) is 9.97 Å². The molecule has 1 atom stereocenters. The molecule has 0 amide bonds. The van der Waals surface area contributed by atoms with Crippen molar-refractivity contribution < 1.29 is 0 Å². The Balaban J connectivity index is 2.85. The minimum atomic E-state index is 0.669. The van der Waals surface area contributed by atoms with Crippen LogP contribution >= 0.6 is 11.8 Å². The van der Waals surface area contributed by atoms with Crippen molar-refractivity contribution in [3.63, 3.8) is 0 Å². The highest BCUT2D eigenvalue weighted by Gasteiger charge is 2.10. The lowest BCUT2D eigenvalue weighted by Crippen LogP contribution is -2.10. The van der Waals surface area contributed by atoms with Gasteiger partial charge in [-0.15, -0.1) is 0 Å². The number of rotatable bonds is 8. The van der Waals surface area contributed by atoms with Crippen molar-refractivity contribution in [2.45, 2.75) is 64.9 Å². The average molecular weight is 281 g/mol. The maximum absolute atomic E-state index is 4.69. The summed E-state index contributed by atoms with van der Waals surface area (Å²) < 4.78 is 0. The summed E-state index contributed by atoms with van der Waals surface area (Å²) in [6.07, 6.45) is 3.27. The second-order valence-electron chi connectivity index (χ2n) is 4.87. The van der Waals surface area contributed by atoms with Gasteiger partial charge in [0.05, 0.1) is 5.75 Å². The summed E-state index contributed by atoms with van der Waals surface area (Å²) in [5.74, 6) is 2.89. The molecule has 1 N–H and O–H groups in total. The van der Waals surface area contributed by atoms with Gasteiger partial charge in [-0.2, -0.15) is 11.8 Å². The second-order valence-corrected chi connectivity index (χ2v) is 6.30. The quantitative estimate of drug-likeness (QED) is 0.775. The van der Waals surface area contributed by atoms with E-state index in [4.69, 9.17) is 4.98 Å². The largest absolute Gasteiger partial charge is 0.370 e. The van der Waals surface area contributed by atoms with Crippen LogP contribution in [-0.2, 0) is 12.2 Å². The highest BCUT2D eigenvalue weighted by molar-refractivity contribution is 7.99. The number of hydrogen-bond acceptors (Lipinski definition) is 4. The molecule has 0 bridgehead atoms. The molecule has 0 fully saturated rings. The number of anilines is 1. The lowest BCUT2D eigenvalue weighted by Gasteiger charge is -2.14. The van der Waals surface area contributed by atoms with Gasteiger partial charge in [0.2, 0.25) is 0 Å². The van der Waals surface area contributed by atoms with Crippen molar-refractivity contribution in [3.05, 3.63) is 17.1 Å². The molecule has 1 aromatic rings. The van der Waals surface area contributed by atoms with E-state index in [9.17, 15) is 0 Å². The van der Waals surface area contributed by atoms with E-state index >= 15 is 0 Å². The van der Waals surface area contributed by atoms with Gasteiger partial charge in [-0.05, 0) is 26.2 Å². The Morgan fingerprint density at radius 3 is 2.53 bits per heavy atom. The molecule has 1 unspecified atom stereocenters. The van der Waals surface area contributed by atoms with E-state index in [1.54, 1.807) is 0 Å². The number of nitrogens with zero attached hydrogens (tertiary/aromatic N) is 2. The Bertz CT molecular complexity index is 393. The van der Waals surface area contributed by atoms with Crippen LogP contribution in [0.4, 0.5) is 5.82 Å². The molecule has 0 spiro atoms. The van der Waals surface area contributed by atoms with Gasteiger partial charge in [0.1, 0.15) is 11.6 Å². The van der Waals surface area contributed by atoms with Crippen molar-refractivity contribution in [2.75, 3.05) is 11.9 Å². The number of thioether (sulfide) groups is 1. The van der Waals surface area contributed by atoms with Gasteiger partial charge in [-0.1, -0.05) is 27.7 Å². The first-order chi connectivity index (χ1) is 9.12. The minimum absolute atomic E-state index is 0.669. The summed E-state index contributed by atoms with van der Waals surface area (Å²) >= 11 is 1.93. The third-order valence-corrected chi connectivity index (χ3v) is 4.57. The topological polar surface area (TPSA) is 37.8 Å². The minimum Gasteiger partial charge on any atom is -0.370 e. The molecule has 1 aromatic heterocycles. The molecule has 0 saturated heterocycles. The monoisotopic (exact) mass is 281 g/mol. The van der Waals surface area contributed by atoms with Gasteiger partial charge < -0.3 is 5.32 Å². The molecule has 1 rings (SSSR count). The number of aryl methyl sites for hydroxylation is 1. The first kappa shape index (κ1) is 16.3. The van der Waals surface area contributed by atoms with Crippen LogP contribution in [0.25, 0.3) is 0 Å². The Hall–Kier alpha value is -0.770. The van der Waals surface area contributed by atoms with Crippen molar-refractivity contribution >= 4 is 17.6 Å². The van der Waals surface area contributed by atoms with E-state index in [0.717, 1.165) is 36.8 Å². The molecule has 0 aromatic carbocycles. The normalized spacial score (nSPS) is 12.5. The maximum Gasteiger partial charge on any atom is 0.140 e. The van der Waals surface area contributed by atoms with E-state index in [-0.39, 0.29) is 0 Å². The fourth-order valence-electron chi connectivity index (χ4n) is 1.77. The standard InChI is InChI=1S/C15H27N3S/c1-6-9-16-15-12(5)13(8-3)17-14(18-15)10-19-11(4)7-2/h11H,6-10H2,1-5H3,(H,16,17,18). The first-order valence-electron chi connectivity index (χ1n) is 7.34. The predicted octanol–water partition coefficient (Wildman–Crippen LogP) is 4.20. The van der Waals surface area contributed by atoms with Gasteiger partial charge in [0.25, 0.3) is 0 Å². The molecule has 108 valence electrons. The maximum atomic E-state index is 4.69. The molecule has 4 heteroatoms. The Morgan fingerprint density at radius 2 is 1.95 bits per heavy atom. The van der Waals surface area contributed by atoms with E-state index in [0.29, 0.717) is 5.25 Å². The van der Waals surface area contributed by atoms with Gasteiger partial charge in [0, 0.05) is 23.1 Å². The van der Waals surface area contributed by atoms with Crippen molar-refractivity contribution in [1.82, 2.24) is 9.97 Å². The molecule has 0 aliphatic heterocycles. The van der Waals surface area contributed by atoms with E-state index in [1.807, 2.05) is 11.8 Å². The van der Waals surface area contributed by atoms with Crippen molar-refractivity contribution in [1.29, 1.82) is 0 Å². The third-order valence-electron chi connectivity index (χ3n) is 3.24. The summed E-state index contributed by atoms with van der Waals surface area (Å²) in [5, 5.41) is 4.09. The van der Waals surface area contributed by atoms with Crippen LogP contribution in [0.2, 0.25) is 0 Å². The number of aromatic nitrogens is 2. The molecule has 0 saturated carbocycles. The van der Waals surface area contributed by atoms with Crippen molar-refractivity contribution in [2.24, 2.45) is 0 Å². The van der Waals surface area contributed by atoms with Crippen LogP contribution in [-0.4, -0.2) is 21.8 Å². The zero-order valence-corrected chi connectivity index (χ0v) is 13.7. The number of nitrogens with one attached hydrogen (secondary N) is 1. The van der Waals surface area contributed by atoms with E-state index in [1.165, 1.54) is 17.7 Å². The molecule has 0 aliphatic rings. The summed E-state index contributed by atoms with van der Waals surface area (Å²) in [6, 6.07) is 0. The zero-order chi connectivity index (χ0) is 14.3. The fraction of sp³-hybridized carbons (Fsp3) is 0.733. The molecule has 19 heavy (non-hydrogen) atoms. The van der Waals surface area contributed by atoms with Crippen LogP contribution in [0.1, 0.15) is 57.6 Å². The van der Waals surface area contributed by atoms with Crippen LogP contribution in [0.3, 0.4) is 0 Å². The van der Waals surface area contributed by atoms with E-state index in [2.05, 4.69) is 44.9 Å². The summed E-state index contributed by atoms with van der Waals surface area (Å²) in [5.41, 5.74) is 2.38. The van der Waals surface area contributed by atoms with Crippen molar-refractivity contribution in [3.8, 4) is 0 Å². The Kier molecular flexibility index (Phi) is 7.21. The van der Waals surface area contributed by atoms with Crippen LogP contribution in [0, 0.1) is 6.92 Å². The lowest BCUT2D eigenvalue weighted by molar-refractivity contribution is 0.884. The second kappa shape index (κ2) is 8.41. The lowest BCUT2D eigenvalue weighted by atomic mass is 10.2. The average Bonchev–Trinajstić information content (AvgIpc) is 2.44. The Morgan fingerprint density at radius 1 is 1.21 bits per heavy atom. The Labute approximate surface area is 122 Å². The first-order valence-corrected chi connectivity index (χ1v) is 8.39. The van der Waals surface area contributed by atoms with Gasteiger partial charge >= 0.3 is 0 Å². The third kappa shape index (κ3) is 5.01. The summed E-state index contributed by atoms with van der Waals surface area (Å²) in [7, 11) is 0. The van der Waals surface area contributed by atoms with Crippen LogP contribution < -0.4 is 5.32 Å². The SMILES string of the molecule is CCCNc1nc(CSC(C)CC)nc(CC)c1C. The predicted molar refractivity (Wildman–Crippen MR) is 86.0 cm³/mol. The molecular weight excluding hydrogens is 254 g/mol. The number of hydrogen-bond donors (Lipinski definition) is 1. The van der Waals surface area contributed by atoms with Gasteiger partial charge in [-0.3, -0.25) is 0 Å². The zero-order valence-electron chi connectivity index (χ0n) is 12.9. The fourth-order valence-corrected chi connectivity index (χ4v) is 2.57. The van der Waals surface area contributed by atoms with Gasteiger partial charge in [0.15, 0.2) is 0 Å². The molecule has 1 heterocycles. The highest BCUT2D eigenvalue weighted by atomic mass is 32.2. The molecular formula is C15H27N3S. The van der Waals surface area contributed by atoms with Crippen LogP contribution in [0.15, 0.2) is 0 Å². The smallest absolute Gasteiger partial charge is 0.140 e.